The summed E-state index contributed by atoms with van der Waals surface area (Å²) in [6.45, 7) is 6.70. The number of hydrogen-bond donors (Lipinski definition) is 1. The molecule has 0 bridgehead atoms. The summed E-state index contributed by atoms with van der Waals surface area (Å²) in [5.41, 5.74) is 0.303. The molecule has 16 heavy (non-hydrogen) atoms. The number of nitrogens with one attached hydrogen (secondary N) is 1. The van der Waals surface area contributed by atoms with Crippen molar-refractivity contribution in [1.29, 1.82) is 0 Å². The first-order valence-electron chi connectivity index (χ1n) is 6.01. The molecule has 5 heteroatoms. The molecule has 5 nitrogen and oxygen atoms in total. The molecular formula is C11H21N5. The largest absolute Gasteiger partial charge is 0.311 e. The zero-order valence-electron chi connectivity index (χ0n) is 10.6. The van der Waals surface area contributed by atoms with Crippen LogP contribution in [0.25, 0.3) is 0 Å². The van der Waals surface area contributed by atoms with Crippen molar-refractivity contribution in [3.05, 3.63) is 5.82 Å². The molecule has 1 aromatic rings. The lowest BCUT2D eigenvalue weighted by molar-refractivity contribution is 0.232. The highest BCUT2D eigenvalue weighted by molar-refractivity contribution is 4.97. The molecule has 1 aromatic heterocycles. The lowest BCUT2D eigenvalue weighted by Crippen LogP contribution is -2.27. The van der Waals surface area contributed by atoms with Crippen molar-refractivity contribution in [2.24, 2.45) is 5.41 Å². The molecule has 1 saturated carbocycles. The van der Waals surface area contributed by atoms with Crippen molar-refractivity contribution in [2.75, 3.05) is 7.05 Å². The van der Waals surface area contributed by atoms with Gasteiger partial charge in [0.2, 0.25) is 0 Å². The number of tetrazole rings is 1. The second-order valence-corrected chi connectivity index (χ2v) is 5.39. The monoisotopic (exact) mass is 223 g/mol. The Morgan fingerprint density at radius 3 is 2.81 bits per heavy atom. The predicted molar refractivity (Wildman–Crippen MR) is 62.0 cm³/mol. The van der Waals surface area contributed by atoms with E-state index in [0.29, 0.717) is 11.5 Å². The topological polar surface area (TPSA) is 55.6 Å². The number of hydrogen-bond acceptors (Lipinski definition) is 4. The summed E-state index contributed by atoms with van der Waals surface area (Å²) in [6.07, 6.45) is 3.71. The van der Waals surface area contributed by atoms with Gasteiger partial charge in [-0.15, -0.1) is 5.10 Å². The van der Waals surface area contributed by atoms with E-state index in [2.05, 4.69) is 41.6 Å². The molecule has 0 aromatic carbocycles. The van der Waals surface area contributed by atoms with Gasteiger partial charge in [-0.3, -0.25) is 0 Å². The SMILES string of the molecule is CNC(C)c1nnnn1C1CCCC1(C)C. The Hall–Kier alpha value is -0.970. The maximum Gasteiger partial charge on any atom is 0.168 e. The van der Waals surface area contributed by atoms with Gasteiger partial charge < -0.3 is 5.32 Å². The second-order valence-electron chi connectivity index (χ2n) is 5.39. The van der Waals surface area contributed by atoms with Crippen molar-refractivity contribution in [2.45, 2.75) is 52.1 Å². The highest BCUT2D eigenvalue weighted by atomic mass is 15.6. The van der Waals surface area contributed by atoms with Crippen LogP contribution in [0.15, 0.2) is 0 Å². The van der Waals surface area contributed by atoms with Gasteiger partial charge in [-0.1, -0.05) is 20.3 Å². The molecule has 2 atom stereocenters. The molecule has 2 rings (SSSR count). The molecule has 1 heterocycles. The van der Waals surface area contributed by atoms with Gasteiger partial charge in [0.05, 0.1) is 12.1 Å². The summed E-state index contributed by atoms with van der Waals surface area (Å²) in [5.74, 6) is 0.947. The molecule has 0 amide bonds. The molecule has 90 valence electrons. The van der Waals surface area contributed by atoms with Crippen LogP contribution < -0.4 is 5.32 Å². The van der Waals surface area contributed by atoms with Crippen molar-refractivity contribution in [1.82, 2.24) is 25.5 Å². The van der Waals surface area contributed by atoms with Crippen molar-refractivity contribution in [3.63, 3.8) is 0 Å². The highest BCUT2D eigenvalue weighted by Gasteiger charge is 2.38. The third-order valence-corrected chi connectivity index (χ3v) is 3.83. The summed E-state index contributed by atoms with van der Waals surface area (Å²) in [7, 11) is 1.93. The van der Waals surface area contributed by atoms with Gasteiger partial charge in [-0.2, -0.15) is 0 Å². The Kier molecular flexibility index (Phi) is 2.97. The normalized spacial score (nSPS) is 25.9. The fraction of sp³-hybridized carbons (Fsp3) is 0.909. The quantitative estimate of drug-likeness (QED) is 0.847. The molecular weight excluding hydrogens is 202 g/mol. The summed E-state index contributed by atoms with van der Waals surface area (Å²) < 4.78 is 2.02. The first-order chi connectivity index (χ1) is 7.56. The maximum absolute atomic E-state index is 4.18. The Labute approximate surface area is 96.6 Å². The molecule has 1 aliphatic carbocycles. The average Bonchev–Trinajstić information content (AvgIpc) is 2.82. The van der Waals surface area contributed by atoms with Crippen LogP contribution in [0.4, 0.5) is 0 Å². The van der Waals surface area contributed by atoms with Crippen LogP contribution in [0.1, 0.15) is 57.9 Å². The van der Waals surface area contributed by atoms with Gasteiger partial charge in [-0.05, 0) is 42.7 Å². The lowest BCUT2D eigenvalue weighted by atomic mass is 9.87. The van der Waals surface area contributed by atoms with E-state index in [0.717, 1.165) is 5.82 Å². The third kappa shape index (κ3) is 1.84. The van der Waals surface area contributed by atoms with Crippen LogP contribution in [0.2, 0.25) is 0 Å². The highest BCUT2D eigenvalue weighted by Crippen LogP contribution is 2.45. The standard InChI is InChI=1S/C11H21N5/c1-8(12-4)10-13-14-15-16(10)9-6-5-7-11(9,2)3/h8-9,12H,5-7H2,1-4H3. The summed E-state index contributed by atoms with van der Waals surface area (Å²) >= 11 is 0. The summed E-state index contributed by atoms with van der Waals surface area (Å²) in [6, 6.07) is 0.639. The van der Waals surface area contributed by atoms with Gasteiger partial charge in [0.25, 0.3) is 0 Å². The van der Waals surface area contributed by atoms with E-state index in [-0.39, 0.29) is 6.04 Å². The van der Waals surface area contributed by atoms with E-state index in [1.807, 2.05) is 11.7 Å². The minimum atomic E-state index is 0.200. The minimum absolute atomic E-state index is 0.200. The van der Waals surface area contributed by atoms with E-state index in [9.17, 15) is 0 Å². The predicted octanol–water partition coefficient (Wildman–Crippen LogP) is 1.70. The Morgan fingerprint density at radius 1 is 1.50 bits per heavy atom. The van der Waals surface area contributed by atoms with Crippen LogP contribution in [0.5, 0.6) is 0 Å². The van der Waals surface area contributed by atoms with Gasteiger partial charge in [0.1, 0.15) is 0 Å². The Morgan fingerprint density at radius 2 is 2.25 bits per heavy atom. The minimum Gasteiger partial charge on any atom is -0.311 e. The molecule has 1 N–H and O–H groups in total. The van der Waals surface area contributed by atoms with Crippen LogP contribution in [0, 0.1) is 5.41 Å². The molecule has 1 aliphatic rings. The van der Waals surface area contributed by atoms with Crippen molar-refractivity contribution < 1.29 is 0 Å². The molecule has 0 spiro atoms. The number of aromatic nitrogens is 4. The molecule has 1 fully saturated rings. The van der Waals surface area contributed by atoms with Crippen LogP contribution >= 0.6 is 0 Å². The first kappa shape index (κ1) is 11.5. The summed E-state index contributed by atoms with van der Waals surface area (Å²) in [5, 5.41) is 15.3. The maximum atomic E-state index is 4.18. The summed E-state index contributed by atoms with van der Waals surface area (Å²) in [4.78, 5) is 0. The average molecular weight is 223 g/mol. The van der Waals surface area contributed by atoms with Gasteiger partial charge >= 0.3 is 0 Å². The Bertz CT molecular complexity index is 357. The second kappa shape index (κ2) is 4.13. The lowest BCUT2D eigenvalue weighted by Gasteiger charge is -2.28. The molecule has 0 aliphatic heterocycles. The fourth-order valence-corrected chi connectivity index (χ4v) is 2.60. The van der Waals surface area contributed by atoms with E-state index >= 15 is 0 Å². The molecule has 2 unspecified atom stereocenters. The van der Waals surface area contributed by atoms with Crippen molar-refractivity contribution >= 4 is 0 Å². The van der Waals surface area contributed by atoms with Crippen LogP contribution in [-0.4, -0.2) is 27.3 Å². The number of nitrogens with zero attached hydrogens (tertiary/aromatic N) is 4. The zero-order chi connectivity index (χ0) is 11.8. The van der Waals surface area contributed by atoms with Crippen molar-refractivity contribution in [3.8, 4) is 0 Å². The van der Waals surface area contributed by atoms with E-state index in [1.54, 1.807) is 0 Å². The van der Waals surface area contributed by atoms with Crippen LogP contribution in [0.3, 0.4) is 0 Å². The smallest absolute Gasteiger partial charge is 0.168 e. The van der Waals surface area contributed by atoms with Gasteiger partial charge in [0, 0.05) is 0 Å². The third-order valence-electron chi connectivity index (χ3n) is 3.83. The van der Waals surface area contributed by atoms with E-state index < -0.39 is 0 Å². The molecule has 0 saturated heterocycles. The molecule has 0 radical (unpaired) electrons. The first-order valence-corrected chi connectivity index (χ1v) is 6.01. The Balaban J connectivity index is 2.30. The van der Waals surface area contributed by atoms with Crippen LogP contribution in [-0.2, 0) is 0 Å². The van der Waals surface area contributed by atoms with E-state index in [4.69, 9.17) is 0 Å². The zero-order valence-corrected chi connectivity index (χ0v) is 10.6. The van der Waals surface area contributed by atoms with Gasteiger partial charge in [0.15, 0.2) is 5.82 Å². The van der Waals surface area contributed by atoms with E-state index in [1.165, 1.54) is 19.3 Å². The number of rotatable bonds is 3. The fourth-order valence-electron chi connectivity index (χ4n) is 2.60. The van der Waals surface area contributed by atoms with Gasteiger partial charge in [-0.25, -0.2) is 4.68 Å².